The van der Waals surface area contributed by atoms with E-state index in [9.17, 15) is 22.4 Å². The number of halogens is 1. The summed E-state index contributed by atoms with van der Waals surface area (Å²) >= 11 is 0. The van der Waals surface area contributed by atoms with Gasteiger partial charge in [0, 0.05) is 12.7 Å². The normalized spacial score (nSPS) is 10.9. The molecule has 3 aromatic rings. The summed E-state index contributed by atoms with van der Waals surface area (Å²) in [4.78, 5) is 24.0. The van der Waals surface area contributed by atoms with Gasteiger partial charge in [0.1, 0.15) is 5.82 Å². The number of nitrogens with one attached hydrogen (secondary N) is 1. The highest BCUT2D eigenvalue weighted by Gasteiger charge is 2.21. The van der Waals surface area contributed by atoms with Gasteiger partial charge >= 0.3 is 5.97 Å². The molecule has 7 nitrogen and oxygen atoms in total. The number of esters is 1. The highest BCUT2D eigenvalue weighted by Crippen LogP contribution is 2.23. The molecule has 0 aliphatic rings. The Labute approximate surface area is 179 Å². The van der Waals surface area contributed by atoms with Crippen LogP contribution in [0, 0.1) is 5.82 Å². The fraction of sp³-hybridized carbons (Fsp3) is 0.0909. The number of carbonyl (C=O) groups excluding carboxylic acids is 2. The molecule has 0 saturated carbocycles. The third-order valence-electron chi connectivity index (χ3n) is 4.29. The number of ether oxygens (including phenoxy) is 1. The smallest absolute Gasteiger partial charge is 0.338 e. The van der Waals surface area contributed by atoms with Crippen LogP contribution in [0.15, 0.2) is 83.8 Å². The van der Waals surface area contributed by atoms with Gasteiger partial charge in [0.05, 0.1) is 16.1 Å². The van der Waals surface area contributed by atoms with Gasteiger partial charge in [0.2, 0.25) is 0 Å². The predicted octanol–water partition coefficient (Wildman–Crippen LogP) is 3.45. The maximum Gasteiger partial charge on any atom is 0.338 e. The zero-order valence-corrected chi connectivity index (χ0v) is 17.3. The molecule has 3 aromatic carbocycles. The summed E-state index contributed by atoms with van der Waals surface area (Å²) < 4.78 is 44.9. The van der Waals surface area contributed by atoms with Gasteiger partial charge in [-0.1, -0.05) is 30.3 Å². The van der Waals surface area contributed by atoms with E-state index in [4.69, 9.17) is 4.74 Å². The molecule has 0 fully saturated rings. The molecule has 0 heterocycles. The van der Waals surface area contributed by atoms with Gasteiger partial charge in [-0.15, -0.1) is 0 Å². The average molecular weight is 442 g/mol. The number of nitrogens with zero attached hydrogens (tertiary/aromatic N) is 1. The molecular formula is C22H19FN2O5S. The molecule has 1 amide bonds. The summed E-state index contributed by atoms with van der Waals surface area (Å²) in [5.41, 5.74) is 0.681. The van der Waals surface area contributed by atoms with Crippen molar-refractivity contribution in [3.8, 4) is 0 Å². The van der Waals surface area contributed by atoms with E-state index >= 15 is 0 Å². The van der Waals surface area contributed by atoms with Crippen molar-refractivity contribution in [2.75, 3.05) is 23.3 Å². The Kier molecular flexibility index (Phi) is 6.66. The molecule has 3 rings (SSSR count). The summed E-state index contributed by atoms with van der Waals surface area (Å²) in [6.45, 7) is -0.615. The van der Waals surface area contributed by atoms with E-state index in [1.807, 2.05) is 0 Å². The summed E-state index contributed by atoms with van der Waals surface area (Å²) in [5, 5.41) is 2.48. The molecule has 1 N–H and O–H groups in total. The molecule has 0 bridgehead atoms. The van der Waals surface area contributed by atoms with Crippen molar-refractivity contribution in [2.45, 2.75) is 4.90 Å². The van der Waals surface area contributed by atoms with Gasteiger partial charge in [-0.2, -0.15) is 0 Å². The summed E-state index contributed by atoms with van der Waals surface area (Å²) in [6.07, 6.45) is 0. The monoisotopic (exact) mass is 442 g/mol. The van der Waals surface area contributed by atoms with Crippen molar-refractivity contribution in [3.63, 3.8) is 0 Å². The van der Waals surface area contributed by atoms with Crippen LogP contribution in [0.25, 0.3) is 0 Å². The van der Waals surface area contributed by atoms with E-state index in [1.165, 1.54) is 49.5 Å². The van der Waals surface area contributed by atoms with Crippen molar-refractivity contribution in [3.05, 3.63) is 90.2 Å². The first-order chi connectivity index (χ1) is 14.8. The Morgan fingerprint density at radius 1 is 0.968 bits per heavy atom. The SMILES string of the molecule is CN(c1ccccc1)S(=O)(=O)c1cccc(NC(=O)COC(=O)c2cccc(F)c2)c1. The lowest BCUT2D eigenvalue weighted by atomic mass is 10.2. The molecule has 0 saturated heterocycles. The predicted molar refractivity (Wildman–Crippen MR) is 114 cm³/mol. The zero-order valence-electron chi connectivity index (χ0n) is 16.5. The highest BCUT2D eigenvalue weighted by atomic mass is 32.2. The van der Waals surface area contributed by atoms with Crippen LogP contribution in [-0.4, -0.2) is 33.9 Å². The van der Waals surface area contributed by atoms with E-state index in [2.05, 4.69) is 5.32 Å². The summed E-state index contributed by atoms with van der Waals surface area (Å²) in [7, 11) is -2.42. The second kappa shape index (κ2) is 9.40. The second-order valence-electron chi connectivity index (χ2n) is 6.47. The van der Waals surface area contributed by atoms with E-state index in [1.54, 1.807) is 30.3 Å². The van der Waals surface area contributed by atoms with Crippen LogP contribution < -0.4 is 9.62 Å². The van der Waals surface area contributed by atoms with E-state index in [0.29, 0.717) is 5.69 Å². The lowest BCUT2D eigenvalue weighted by Crippen LogP contribution is -2.26. The second-order valence-corrected chi connectivity index (χ2v) is 8.44. The van der Waals surface area contributed by atoms with Crippen molar-refractivity contribution >= 4 is 33.3 Å². The number of hydrogen-bond donors (Lipinski definition) is 1. The largest absolute Gasteiger partial charge is 0.452 e. The first kappa shape index (κ1) is 22.0. The number of carbonyl (C=O) groups is 2. The molecule has 0 unspecified atom stereocenters. The molecule has 160 valence electrons. The molecule has 0 aliphatic carbocycles. The van der Waals surface area contributed by atoms with Gasteiger partial charge in [0.15, 0.2) is 6.61 Å². The Morgan fingerprint density at radius 2 is 1.68 bits per heavy atom. The van der Waals surface area contributed by atoms with Crippen LogP contribution in [0.5, 0.6) is 0 Å². The third kappa shape index (κ3) is 5.46. The number of benzene rings is 3. The molecule has 0 spiro atoms. The summed E-state index contributed by atoms with van der Waals surface area (Å²) in [6, 6.07) is 19.2. The molecule has 0 aliphatic heterocycles. The standard InChI is InChI=1S/C22H19FN2O5S/c1-25(19-10-3-2-4-11-19)31(28,29)20-12-6-9-18(14-20)24-21(26)15-30-22(27)16-7-5-8-17(23)13-16/h2-14H,15H2,1H3,(H,24,26). The van der Waals surface area contributed by atoms with E-state index in [-0.39, 0.29) is 16.1 Å². The van der Waals surface area contributed by atoms with Crippen LogP contribution in [0.2, 0.25) is 0 Å². The third-order valence-corrected chi connectivity index (χ3v) is 6.07. The van der Waals surface area contributed by atoms with Crippen LogP contribution in [0.1, 0.15) is 10.4 Å². The van der Waals surface area contributed by atoms with Gasteiger partial charge in [-0.25, -0.2) is 17.6 Å². The van der Waals surface area contributed by atoms with Crippen molar-refractivity contribution < 1.29 is 27.1 Å². The van der Waals surface area contributed by atoms with Crippen LogP contribution in [-0.2, 0) is 19.6 Å². The van der Waals surface area contributed by atoms with Gasteiger partial charge in [0.25, 0.3) is 15.9 Å². The minimum absolute atomic E-state index is 0.0200. The number of sulfonamides is 1. The maximum absolute atomic E-state index is 13.2. The number of hydrogen-bond acceptors (Lipinski definition) is 5. The van der Waals surface area contributed by atoms with Crippen molar-refractivity contribution in [1.29, 1.82) is 0 Å². The first-order valence-electron chi connectivity index (χ1n) is 9.14. The quantitative estimate of drug-likeness (QED) is 0.566. The van der Waals surface area contributed by atoms with Crippen LogP contribution in [0.3, 0.4) is 0 Å². The Hall–Kier alpha value is -3.72. The fourth-order valence-corrected chi connectivity index (χ4v) is 3.94. The zero-order chi connectivity index (χ0) is 22.4. The lowest BCUT2D eigenvalue weighted by molar-refractivity contribution is -0.119. The molecule has 0 radical (unpaired) electrons. The Bertz CT molecular complexity index is 1200. The number of anilines is 2. The first-order valence-corrected chi connectivity index (χ1v) is 10.6. The summed E-state index contributed by atoms with van der Waals surface area (Å²) in [5.74, 6) is -2.12. The van der Waals surface area contributed by atoms with E-state index in [0.717, 1.165) is 10.4 Å². The topological polar surface area (TPSA) is 92.8 Å². The van der Waals surface area contributed by atoms with Gasteiger partial charge in [-0.3, -0.25) is 9.10 Å². The number of para-hydroxylation sites is 1. The minimum atomic E-state index is -3.86. The average Bonchev–Trinajstić information content (AvgIpc) is 2.77. The number of rotatable bonds is 7. The molecule has 31 heavy (non-hydrogen) atoms. The highest BCUT2D eigenvalue weighted by molar-refractivity contribution is 7.92. The van der Waals surface area contributed by atoms with Gasteiger partial charge in [-0.05, 0) is 48.5 Å². The maximum atomic E-state index is 13.2. The lowest BCUT2D eigenvalue weighted by Gasteiger charge is -2.19. The van der Waals surface area contributed by atoms with Crippen LogP contribution in [0.4, 0.5) is 15.8 Å². The van der Waals surface area contributed by atoms with E-state index < -0.39 is 34.3 Å². The molecule has 0 aromatic heterocycles. The minimum Gasteiger partial charge on any atom is -0.452 e. The molecular weight excluding hydrogens is 423 g/mol. The van der Waals surface area contributed by atoms with Crippen LogP contribution >= 0.6 is 0 Å². The molecule has 9 heteroatoms. The Morgan fingerprint density at radius 3 is 2.39 bits per heavy atom. The fourth-order valence-electron chi connectivity index (χ4n) is 2.70. The van der Waals surface area contributed by atoms with Crippen molar-refractivity contribution in [2.24, 2.45) is 0 Å². The van der Waals surface area contributed by atoms with Crippen molar-refractivity contribution in [1.82, 2.24) is 0 Å². The molecule has 0 atom stereocenters. The van der Waals surface area contributed by atoms with Gasteiger partial charge < -0.3 is 10.1 Å². The number of amides is 1. The Balaban J connectivity index is 1.66.